The second-order valence-corrected chi connectivity index (χ2v) is 5.02. The van der Waals surface area contributed by atoms with E-state index in [9.17, 15) is 0 Å². The topological polar surface area (TPSA) is 42.7 Å². The Morgan fingerprint density at radius 1 is 1.41 bits per heavy atom. The first-order valence-electron chi connectivity index (χ1n) is 5.14. The zero-order valence-electron chi connectivity index (χ0n) is 9.32. The van der Waals surface area contributed by atoms with Crippen LogP contribution in [0.5, 0.6) is 0 Å². The lowest BCUT2D eigenvalue weighted by Crippen LogP contribution is -2.16. The number of benzene rings is 1. The highest BCUT2D eigenvalue weighted by molar-refractivity contribution is 9.10. The van der Waals surface area contributed by atoms with Crippen molar-refractivity contribution in [1.29, 1.82) is 0 Å². The number of rotatable bonds is 4. The summed E-state index contributed by atoms with van der Waals surface area (Å²) in [5.74, 6) is 0.899. The Morgan fingerprint density at radius 2 is 2.24 bits per heavy atom. The number of hydrogen-bond donors (Lipinski definition) is 1. The Balaban J connectivity index is 1.94. The fraction of sp³-hybridized carbons (Fsp3) is 0.273. The Hall–Kier alpha value is -0.910. The van der Waals surface area contributed by atoms with Crippen LogP contribution >= 0.6 is 27.5 Å². The van der Waals surface area contributed by atoms with Gasteiger partial charge in [0.15, 0.2) is 0 Å². The standard InChI is InChI=1S/C11H12BrClN4/c1-17-7-15-16-11(17)6-14-5-8-4-9(12)2-3-10(8)13/h2-4,7,14H,5-6H2,1H3. The van der Waals surface area contributed by atoms with Crippen LogP contribution in [0.2, 0.25) is 5.02 Å². The Kier molecular flexibility index (Phi) is 4.15. The van der Waals surface area contributed by atoms with Crippen molar-refractivity contribution in [3.63, 3.8) is 0 Å². The molecule has 0 spiro atoms. The molecule has 2 aromatic rings. The third-order valence-electron chi connectivity index (χ3n) is 2.41. The molecule has 17 heavy (non-hydrogen) atoms. The molecule has 0 radical (unpaired) electrons. The van der Waals surface area contributed by atoms with Crippen molar-refractivity contribution in [2.45, 2.75) is 13.1 Å². The van der Waals surface area contributed by atoms with E-state index < -0.39 is 0 Å². The van der Waals surface area contributed by atoms with Crippen LogP contribution in [0.3, 0.4) is 0 Å². The summed E-state index contributed by atoms with van der Waals surface area (Å²) in [6.45, 7) is 1.37. The van der Waals surface area contributed by atoms with E-state index in [4.69, 9.17) is 11.6 Å². The minimum atomic E-state index is 0.666. The van der Waals surface area contributed by atoms with Gasteiger partial charge in [0.05, 0.1) is 6.54 Å². The number of hydrogen-bond acceptors (Lipinski definition) is 3. The first-order valence-corrected chi connectivity index (χ1v) is 6.31. The van der Waals surface area contributed by atoms with Crippen molar-refractivity contribution in [3.05, 3.63) is 45.4 Å². The van der Waals surface area contributed by atoms with Crippen molar-refractivity contribution in [3.8, 4) is 0 Å². The smallest absolute Gasteiger partial charge is 0.146 e. The summed E-state index contributed by atoms with van der Waals surface area (Å²) >= 11 is 9.52. The van der Waals surface area contributed by atoms with Crippen molar-refractivity contribution < 1.29 is 0 Å². The van der Waals surface area contributed by atoms with Crippen LogP contribution in [0.4, 0.5) is 0 Å². The molecule has 90 valence electrons. The molecule has 0 bridgehead atoms. The number of aromatic nitrogens is 3. The van der Waals surface area contributed by atoms with Gasteiger partial charge in [-0.2, -0.15) is 0 Å². The summed E-state index contributed by atoms with van der Waals surface area (Å²) in [6, 6.07) is 5.81. The second kappa shape index (κ2) is 5.62. The number of halogens is 2. The Labute approximate surface area is 113 Å². The molecule has 6 heteroatoms. The SMILES string of the molecule is Cn1cnnc1CNCc1cc(Br)ccc1Cl. The first kappa shape index (κ1) is 12.5. The zero-order chi connectivity index (χ0) is 12.3. The predicted octanol–water partition coefficient (Wildman–Crippen LogP) is 2.52. The van der Waals surface area contributed by atoms with E-state index in [2.05, 4.69) is 31.4 Å². The van der Waals surface area contributed by atoms with Crippen molar-refractivity contribution in [2.75, 3.05) is 0 Å². The van der Waals surface area contributed by atoms with Crippen molar-refractivity contribution >= 4 is 27.5 Å². The third-order valence-corrected chi connectivity index (χ3v) is 3.27. The molecular formula is C11H12BrClN4. The largest absolute Gasteiger partial charge is 0.320 e. The second-order valence-electron chi connectivity index (χ2n) is 3.70. The van der Waals surface area contributed by atoms with E-state index in [1.165, 1.54) is 0 Å². The molecule has 0 aliphatic carbocycles. The van der Waals surface area contributed by atoms with Gasteiger partial charge >= 0.3 is 0 Å². The van der Waals surface area contributed by atoms with Crippen LogP contribution in [-0.4, -0.2) is 14.8 Å². The predicted molar refractivity (Wildman–Crippen MR) is 70.7 cm³/mol. The quantitative estimate of drug-likeness (QED) is 0.943. The van der Waals surface area contributed by atoms with Gasteiger partial charge in [0, 0.05) is 23.1 Å². The molecule has 1 heterocycles. The molecule has 0 aliphatic rings. The van der Waals surface area contributed by atoms with Crippen LogP contribution in [0.15, 0.2) is 29.0 Å². The van der Waals surface area contributed by atoms with Crippen molar-refractivity contribution in [2.24, 2.45) is 7.05 Å². The van der Waals surface area contributed by atoms with Crippen LogP contribution in [0, 0.1) is 0 Å². The average Bonchev–Trinajstić information content (AvgIpc) is 2.70. The maximum atomic E-state index is 6.09. The molecule has 1 aromatic heterocycles. The summed E-state index contributed by atoms with van der Waals surface area (Å²) < 4.78 is 2.91. The summed E-state index contributed by atoms with van der Waals surface area (Å²) in [6.07, 6.45) is 1.68. The molecule has 0 atom stereocenters. The molecule has 1 aromatic carbocycles. The summed E-state index contributed by atoms with van der Waals surface area (Å²) in [7, 11) is 1.92. The number of nitrogens with zero attached hydrogens (tertiary/aromatic N) is 3. The number of aryl methyl sites for hydroxylation is 1. The third kappa shape index (κ3) is 3.28. The van der Waals surface area contributed by atoms with Gasteiger partial charge in [-0.05, 0) is 23.8 Å². The van der Waals surface area contributed by atoms with E-state index in [0.29, 0.717) is 13.1 Å². The fourth-order valence-electron chi connectivity index (χ4n) is 1.45. The molecule has 0 aliphatic heterocycles. The minimum absolute atomic E-state index is 0.666. The summed E-state index contributed by atoms with van der Waals surface area (Å²) in [5.41, 5.74) is 1.06. The highest BCUT2D eigenvalue weighted by atomic mass is 79.9. The molecular weight excluding hydrogens is 304 g/mol. The van der Waals surface area contributed by atoms with E-state index in [-0.39, 0.29) is 0 Å². The zero-order valence-corrected chi connectivity index (χ0v) is 11.7. The molecule has 0 saturated heterocycles. The van der Waals surface area contributed by atoms with Crippen LogP contribution < -0.4 is 5.32 Å². The van der Waals surface area contributed by atoms with E-state index >= 15 is 0 Å². The Bertz CT molecular complexity index is 512. The average molecular weight is 316 g/mol. The molecule has 2 rings (SSSR count). The van der Waals surface area contributed by atoms with Gasteiger partial charge in [0.25, 0.3) is 0 Å². The van der Waals surface area contributed by atoms with Gasteiger partial charge in [-0.3, -0.25) is 0 Å². The summed E-state index contributed by atoms with van der Waals surface area (Å²) in [4.78, 5) is 0. The Morgan fingerprint density at radius 3 is 2.94 bits per heavy atom. The van der Waals surface area contributed by atoms with E-state index in [1.54, 1.807) is 6.33 Å². The minimum Gasteiger partial charge on any atom is -0.320 e. The molecule has 0 fully saturated rings. The monoisotopic (exact) mass is 314 g/mol. The van der Waals surface area contributed by atoms with Gasteiger partial charge in [-0.15, -0.1) is 10.2 Å². The van der Waals surface area contributed by atoms with Gasteiger partial charge in [-0.25, -0.2) is 0 Å². The van der Waals surface area contributed by atoms with Crippen LogP contribution in [0.1, 0.15) is 11.4 Å². The highest BCUT2D eigenvalue weighted by Crippen LogP contribution is 2.20. The van der Waals surface area contributed by atoms with Crippen LogP contribution in [-0.2, 0) is 20.1 Å². The van der Waals surface area contributed by atoms with E-state index in [0.717, 1.165) is 20.9 Å². The van der Waals surface area contributed by atoms with Crippen molar-refractivity contribution in [1.82, 2.24) is 20.1 Å². The molecule has 0 amide bonds. The summed E-state index contributed by atoms with van der Waals surface area (Å²) in [5, 5.41) is 11.9. The van der Waals surface area contributed by atoms with Gasteiger partial charge < -0.3 is 9.88 Å². The number of nitrogens with one attached hydrogen (secondary N) is 1. The maximum absolute atomic E-state index is 6.09. The molecule has 4 nitrogen and oxygen atoms in total. The first-order chi connectivity index (χ1) is 8.16. The van der Waals surface area contributed by atoms with E-state index in [1.807, 2.05) is 29.8 Å². The van der Waals surface area contributed by atoms with Gasteiger partial charge in [-0.1, -0.05) is 27.5 Å². The lowest BCUT2D eigenvalue weighted by atomic mass is 10.2. The highest BCUT2D eigenvalue weighted by Gasteiger charge is 2.03. The van der Waals surface area contributed by atoms with Crippen LogP contribution in [0.25, 0.3) is 0 Å². The maximum Gasteiger partial charge on any atom is 0.146 e. The molecule has 0 unspecified atom stereocenters. The van der Waals surface area contributed by atoms with Gasteiger partial charge in [0.1, 0.15) is 12.2 Å². The van der Waals surface area contributed by atoms with Gasteiger partial charge in [0.2, 0.25) is 0 Å². The molecule has 1 N–H and O–H groups in total. The fourth-order valence-corrected chi connectivity index (χ4v) is 2.05. The molecule has 0 saturated carbocycles. The normalized spacial score (nSPS) is 10.8. The lowest BCUT2D eigenvalue weighted by molar-refractivity contribution is 0.637. The lowest BCUT2D eigenvalue weighted by Gasteiger charge is -2.06.